The Morgan fingerprint density at radius 3 is 2.33 bits per heavy atom. The van der Waals surface area contributed by atoms with Gasteiger partial charge in [0.2, 0.25) is 0 Å². The highest BCUT2D eigenvalue weighted by Gasteiger charge is 2.39. The van der Waals surface area contributed by atoms with Crippen molar-refractivity contribution in [2.24, 2.45) is 0 Å². The molecule has 0 bridgehead atoms. The number of rotatable bonds is 2. The van der Waals surface area contributed by atoms with E-state index in [0.717, 1.165) is 4.52 Å². The highest BCUT2D eigenvalue weighted by atomic mass is 19.4. The Balaban J connectivity index is 2.41. The molecule has 0 unspecified atom stereocenters. The molecule has 24 heavy (non-hydrogen) atoms. The van der Waals surface area contributed by atoms with E-state index in [1.54, 1.807) is 51.1 Å². The maximum atomic E-state index is 13.3. The van der Waals surface area contributed by atoms with E-state index >= 15 is 0 Å². The summed E-state index contributed by atoms with van der Waals surface area (Å²) in [7, 11) is 0. The molecule has 0 saturated heterocycles. The van der Waals surface area contributed by atoms with Gasteiger partial charge in [0, 0.05) is 11.3 Å². The summed E-state index contributed by atoms with van der Waals surface area (Å²) in [6, 6.07) is 8.81. The SMILES string of the molecule is Cc1[nH]c2c(C(C)C)c(C(F)(F)F)nn2c(=O)c1-c1ccccc1. The second kappa shape index (κ2) is 5.51. The zero-order valence-corrected chi connectivity index (χ0v) is 13.4. The van der Waals surface area contributed by atoms with Gasteiger partial charge in [-0.15, -0.1) is 0 Å². The van der Waals surface area contributed by atoms with E-state index < -0.39 is 23.3 Å². The van der Waals surface area contributed by atoms with Gasteiger partial charge >= 0.3 is 6.18 Å². The van der Waals surface area contributed by atoms with Gasteiger partial charge in [-0.25, -0.2) is 0 Å². The van der Waals surface area contributed by atoms with E-state index in [1.807, 2.05) is 0 Å². The van der Waals surface area contributed by atoms with Crippen molar-refractivity contribution in [2.45, 2.75) is 32.9 Å². The summed E-state index contributed by atoms with van der Waals surface area (Å²) < 4.78 is 40.8. The van der Waals surface area contributed by atoms with Gasteiger partial charge in [0.1, 0.15) is 5.65 Å². The van der Waals surface area contributed by atoms with Crippen molar-refractivity contribution in [2.75, 3.05) is 0 Å². The molecule has 0 saturated carbocycles. The molecule has 0 aliphatic rings. The van der Waals surface area contributed by atoms with Gasteiger partial charge in [-0.3, -0.25) is 4.79 Å². The Labute approximate surface area is 135 Å². The zero-order chi connectivity index (χ0) is 17.6. The van der Waals surface area contributed by atoms with Crippen LogP contribution in [0.5, 0.6) is 0 Å². The minimum Gasteiger partial charge on any atom is -0.343 e. The Hall–Kier alpha value is -2.57. The molecule has 7 heteroatoms. The van der Waals surface area contributed by atoms with Crippen LogP contribution < -0.4 is 5.56 Å². The van der Waals surface area contributed by atoms with E-state index in [4.69, 9.17) is 0 Å². The standard InChI is InChI=1S/C17H16F3N3O/c1-9(2)12-14(17(18,19)20)22-23-15(12)21-10(3)13(16(23)24)11-7-5-4-6-8-11/h4-9,21H,1-3H3. The molecule has 0 aliphatic carbocycles. The van der Waals surface area contributed by atoms with Crippen LogP contribution in [-0.2, 0) is 6.18 Å². The second-order valence-electron chi connectivity index (χ2n) is 5.97. The molecular weight excluding hydrogens is 319 g/mol. The van der Waals surface area contributed by atoms with Crippen molar-refractivity contribution in [3.05, 3.63) is 57.6 Å². The fourth-order valence-electron chi connectivity index (χ4n) is 2.90. The van der Waals surface area contributed by atoms with Crippen LogP contribution in [0.15, 0.2) is 35.1 Å². The molecule has 4 nitrogen and oxygen atoms in total. The lowest BCUT2D eigenvalue weighted by molar-refractivity contribution is -0.142. The summed E-state index contributed by atoms with van der Waals surface area (Å²) in [6.45, 7) is 4.96. The topological polar surface area (TPSA) is 50.2 Å². The van der Waals surface area contributed by atoms with Gasteiger partial charge in [0.15, 0.2) is 5.69 Å². The van der Waals surface area contributed by atoms with Crippen LogP contribution in [0.3, 0.4) is 0 Å². The fraction of sp³-hybridized carbons (Fsp3) is 0.294. The van der Waals surface area contributed by atoms with Gasteiger partial charge < -0.3 is 4.98 Å². The van der Waals surface area contributed by atoms with Gasteiger partial charge in [0.05, 0.1) is 5.56 Å². The average Bonchev–Trinajstić information content (AvgIpc) is 2.88. The Morgan fingerprint density at radius 1 is 1.17 bits per heavy atom. The summed E-state index contributed by atoms with van der Waals surface area (Å²) in [5.41, 5.74) is -0.0284. The third kappa shape index (κ3) is 2.50. The molecule has 2 heterocycles. The number of nitrogens with one attached hydrogen (secondary N) is 1. The first-order valence-electron chi connectivity index (χ1n) is 7.50. The third-order valence-electron chi connectivity index (χ3n) is 3.92. The Bertz CT molecular complexity index is 953. The molecule has 126 valence electrons. The normalized spacial score (nSPS) is 12.3. The quantitative estimate of drug-likeness (QED) is 0.765. The molecule has 3 rings (SSSR count). The molecule has 1 aromatic carbocycles. The van der Waals surface area contributed by atoms with Crippen molar-refractivity contribution in [3.63, 3.8) is 0 Å². The molecule has 2 aromatic heterocycles. The molecule has 0 radical (unpaired) electrons. The predicted octanol–water partition coefficient (Wildman–Crippen LogP) is 4.14. The largest absolute Gasteiger partial charge is 0.435 e. The van der Waals surface area contributed by atoms with Gasteiger partial charge in [0.25, 0.3) is 5.56 Å². The third-order valence-corrected chi connectivity index (χ3v) is 3.92. The van der Waals surface area contributed by atoms with Gasteiger partial charge in [-0.1, -0.05) is 44.2 Å². The maximum Gasteiger partial charge on any atom is 0.435 e. The molecule has 0 aliphatic heterocycles. The molecule has 0 spiro atoms. The molecule has 0 fully saturated rings. The van der Waals surface area contributed by atoms with Crippen LogP contribution in [0, 0.1) is 6.92 Å². The number of aryl methyl sites for hydroxylation is 1. The predicted molar refractivity (Wildman–Crippen MR) is 85.1 cm³/mol. The number of aromatic amines is 1. The number of alkyl halides is 3. The number of hydrogen-bond acceptors (Lipinski definition) is 2. The van der Waals surface area contributed by atoms with Gasteiger partial charge in [-0.2, -0.15) is 22.8 Å². The van der Waals surface area contributed by atoms with E-state index in [0.29, 0.717) is 16.8 Å². The van der Waals surface area contributed by atoms with E-state index in [1.165, 1.54) is 0 Å². The molecule has 1 N–H and O–H groups in total. The summed E-state index contributed by atoms with van der Waals surface area (Å²) in [4.78, 5) is 15.7. The summed E-state index contributed by atoms with van der Waals surface area (Å²) in [6.07, 6.45) is -4.62. The second-order valence-corrected chi connectivity index (χ2v) is 5.97. The van der Waals surface area contributed by atoms with Crippen molar-refractivity contribution >= 4 is 5.65 Å². The zero-order valence-electron chi connectivity index (χ0n) is 13.4. The first-order chi connectivity index (χ1) is 11.2. The van der Waals surface area contributed by atoms with E-state index in [2.05, 4.69) is 10.1 Å². The highest BCUT2D eigenvalue weighted by molar-refractivity contribution is 5.67. The number of nitrogens with zero attached hydrogens (tertiary/aromatic N) is 2. The van der Waals surface area contributed by atoms with Crippen molar-refractivity contribution < 1.29 is 13.2 Å². The monoisotopic (exact) mass is 335 g/mol. The smallest absolute Gasteiger partial charge is 0.343 e. The van der Waals surface area contributed by atoms with Gasteiger partial charge in [-0.05, 0) is 18.4 Å². The van der Waals surface area contributed by atoms with Crippen molar-refractivity contribution in [1.29, 1.82) is 0 Å². The van der Waals surface area contributed by atoms with Crippen LogP contribution in [0.1, 0.15) is 36.7 Å². The van der Waals surface area contributed by atoms with E-state index in [9.17, 15) is 18.0 Å². The molecular formula is C17H16F3N3O. The van der Waals surface area contributed by atoms with Crippen LogP contribution in [-0.4, -0.2) is 14.6 Å². The van der Waals surface area contributed by atoms with E-state index in [-0.39, 0.29) is 11.2 Å². The van der Waals surface area contributed by atoms with Crippen LogP contribution in [0.25, 0.3) is 16.8 Å². The minimum atomic E-state index is -4.62. The Morgan fingerprint density at radius 2 is 1.79 bits per heavy atom. The first kappa shape index (κ1) is 16.3. The van der Waals surface area contributed by atoms with Crippen LogP contribution >= 0.6 is 0 Å². The number of hydrogen-bond donors (Lipinski definition) is 1. The summed E-state index contributed by atoms with van der Waals surface area (Å²) in [5, 5.41) is 3.58. The number of halogens is 3. The summed E-state index contributed by atoms with van der Waals surface area (Å²) in [5.74, 6) is -0.434. The minimum absolute atomic E-state index is 0.00214. The first-order valence-corrected chi connectivity index (χ1v) is 7.50. The van der Waals surface area contributed by atoms with Crippen LogP contribution in [0.2, 0.25) is 0 Å². The molecule has 0 atom stereocenters. The lowest BCUT2D eigenvalue weighted by Crippen LogP contribution is -2.19. The fourth-order valence-corrected chi connectivity index (χ4v) is 2.90. The van der Waals surface area contributed by atoms with Crippen molar-refractivity contribution in [3.8, 4) is 11.1 Å². The highest BCUT2D eigenvalue weighted by Crippen LogP contribution is 2.36. The molecule has 3 aromatic rings. The summed E-state index contributed by atoms with van der Waals surface area (Å²) >= 11 is 0. The number of benzene rings is 1. The number of fused-ring (bicyclic) bond motifs is 1. The van der Waals surface area contributed by atoms with Crippen LogP contribution in [0.4, 0.5) is 13.2 Å². The van der Waals surface area contributed by atoms with Crippen molar-refractivity contribution in [1.82, 2.24) is 14.6 Å². The lowest BCUT2D eigenvalue weighted by Gasteiger charge is -2.10. The average molecular weight is 335 g/mol. The lowest BCUT2D eigenvalue weighted by atomic mass is 10.0. The maximum absolute atomic E-state index is 13.3. The number of H-pyrrole nitrogens is 1. The molecule has 0 amide bonds. The Kier molecular flexibility index (Phi) is 3.74. The number of aromatic nitrogens is 3.